The monoisotopic (exact) mass is 292 g/mol. The highest BCUT2D eigenvalue weighted by atomic mass is 35.5. The van der Waals surface area contributed by atoms with Gasteiger partial charge < -0.3 is 0 Å². The van der Waals surface area contributed by atoms with Gasteiger partial charge in [-0.1, -0.05) is 35.9 Å². The number of hydrogen-bond acceptors (Lipinski definition) is 3. The lowest BCUT2D eigenvalue weighted by atomic mass is 9.98. The molecule has 0 aliphatic heterocycles. The Labute approximate surface area is 123 Å². The molecule has 2 nitrogen and oxygen atoms in total. The van der Waals surface area contributed by atoms with Crippen LogP contribution < -0.4 is 11.3 Å². The molecule has 0 heterocycles. The molecule has 0 radical (unpaired) electrons. The third-order valence-corrected chi connectivity index (χ3v) is 4.30. The maximum Gasteiger partial charge on any atom is 0.0710 e. The smallest absolute Gasteiger partial charge is 0.0710 e. The molecule has 0 bridgehead atoms. The SMILES string of the molecule is CSc1ccc(C(NN)c2ccc(C)c(Cl)c2)cc1. The van der Waals surface area contributed by atoms with Crippen LogP contribution in [-0.2, 0) is 0 Å². The fourth-order valence-electron chi connectivity index (χ4n) is 1.97. The number of thioether (sulfide) groups is 1. The predicted molar refractivity (Wildman–Crippen MR) is 83.6 cm³/mol. The largest absolute Gasteiger partial charge is 0.271 e. The fourth-order valence-corrected chi connectivity index (χ4v) is 2.57. The summed E-state index contributed by atoms with van der Waals surface area (Å²) in [6.45, 7) is 1.99. The average molecular weight is 293 g/mol. The minimum absolute atomic E-state index is 0.0472. The quantitative estimate of drug-likeness (QED) is 0.509. The zero-order chi connectivity index (χ0) is 13.8. The number of halogens is 1. The molecule has 1 unspecified atom stereocenters. The number of hydrogen-bond donors (Lipinski definition) is 2. The first-order valence-corrected chi connectivity index (χ1v) is 7.62. The number of nitrogens with one attached hydrogen (secondary N) is 1. The second-order valence-electron chi connectivity index (χ2n) is 4.38. The second kappa shape index (κ2) is 6.44. The number of aryl methyl sites for hydroxylation is 1. The van der Waals surface area contributed by atoms with E-state index >= 15 is 0 Å². The van der Waals surface area contributed by atoms with Crippen molar-refractivity contribution < 1.29 is 0 Å². The van der Waals surface area contributed by atoms with Crippen molar-refractivity contribution in [1.29, 1.82) is 0 Å². The van der Waals surface area contributed by atoms with E-state index < -0.39 is 0 Å². The summed E-state index contributed by atoms with van der Waals surface area (Å²) in [5.41, 5.74) is 6.11. The summed E-state index contributed by atoms with van der Waals surface area (Å²) in [7, 11) is 0. The van der Waals surface area contributed by atoms with Gasteiger partial charge in [-0.15, -0.1) is 11.8 Å². The molecule has 0 aromatic heterocycles. The summed E-state index contributed by atoms with van der Waals surface area (Å²) in [4.78, 5) is 1.24. The maximum atomic E-state index is 6.18. The summed E-state index contributed by atoms with van der Waals surface area (Å²) in [6.07, 6.45) is 2.06. The van der Waals surface area contributed by atoms with E-state index in [0.29, 0.717) is 0 Å². The van der Waals surface area contributed by atoms with Gasteiger partial charge in [-0.25, -0.2) is 5.43 Å². The first kappa shape index (κ1) is 14.4. The molecule has 0 saturated carbocycles. The van der Waals surface area contributed by atoms with Gasteiger partial charge in [-0.2, -0.15) is 0 Å². The van der Waals surface area contributed by atoms with Gasteiger partial charge in [0, 0.05) is 9.92 Å². The van der Waals surface area contributed by atoms with Crippen LogP contribution in [0.1, 0.15) is 22.7 Å². The molecule has 0 aliphatic rings. The van der Waals surface area contributed by atoms with Gasteiger partial charge in [0.15, 0.2) is 0 Å². The molecule has 2 aromatic carbocycles. The molecule has 2 aromatic rings. The molecule has 0 saturated heterocycles. The highest BCUT2D eigenvalue weighted by Crippen LogP contribution is 2.27. The Bertz CT molecular complexity index is 555. The minimum atomic E-state index is -0.0472. The molecule has 1 atom stereocenters. The van der Waals surface area contributed by atoms with Crippen LogP contribution >= 0.6 is 23.4 Å². The molecule has 4 heteroatoms. The molecule has 2 rings (SSSR count). The van der Waals surface area contributed by atoms with E-state index in [1.165, 1.54) is 4.90 Å². The molecule has 3 N–H and O–H groups in total. The number of rotatable bonds is 4. The first-order valence-electron chi connectivity index (χ1n) is 6.02. The van der Waals surface area contributed by atoms with E-state index in [0.717, 1.165) is 21.7 Å². The Balaban J connectivity index is 2.34. The van der Waals surface area contributed by atoms with Crippen molar-refractivity contribution in [2.24, 2.45) is 5.84 Å². The van der Waals surface area contributed by atoms with Crippen LogP contribution in [-0.4, -0.2) is 6.26 Å². The summed E-state index contributed by atoms with van der Waals surface area (Å²) in [6, 6.07) is 14.3. The van der Waals surface area contributed by atoms with Gasteiger partial charge in [0.1, 0.15) is 0 Å². The van der Waals surface area contributed by atoms with E-state index in [9.17, 15) is 0 Å². The van der Waals surface area contributed by atoms with Gasteiger partial charge in [-0.3, -0.25) is 5.84 Å². The van der Waals surface area contributed by atoms with Crippen LogP contribution in [0, 0.1) is 6.92 Å². The molecule has 0 fully saturated rings. The predicted octanol–water partition coefficient (Wildman–Crippen LogP) is 3.92. The zero-order valence-electron chi connectivity index (χ0n) is 11.0. The summed E-state index contributed by atoms with van der Waals surface area (Å²) >= 11 is 7.90. The van der Waals surface area contributed by atoms with Gasteiger partial charge in [0.2, 0.25) is 0 Å². The van der Waals surface area contributed by atoms with Crippen LogP contribution in [0.15, 0.2) is 47.4 Å². The topological polar surface area (TPSA) is 38.0 Å². The van der Waals surface area contributed by atoms with Crippen LogP contribution in [0.2, 0.25) is 5.02 Å². The zero-order valence-corrected chi connectivity index (χ0v) is 12.6. The lowest BCUT2D eigenvalue weighted by molar-refractivity contribution is 0.636. The van der Waals surface area contributed by atoms with Gasteiger partial charge in [0.05, 0.1) is 6.04 Å². The van der Waals surface area contributed by atoms with Crippen LogP contribution in [0.5, 0.6) is 0 Å². The van der Waals surface area contributed by atoms with Crippen LogP contribution in [0.4, 0.5) is 0 Å². The summed E-state index contributed by atoms with van der Waals surface area (Å²) < 4.78 is 0. The van der Waals surface area contributed by atoms with Crippen molar-refractivity contribution in [1.82, 2.24) is 5.43 Å². The van der Waals surface area contributed by atoms with Crippen molar-refractivity contribution in [3.63, 3.8) is 0 Å². The second-order valence-corrected chi connectivity index (χ2v) is 5.67. The number of nitrogens with two attached hydrogens (primary N) is 1. The highest BCUT2D eigenvalue weighted by Gasteiger charge is 2.13. The van der Waals surface area contributed by atoms with E-state index in [1.807, 2.05) is 25.1 Å². The molecule has 0 aliphatic carbocycles. The Morgan fingerprint density at radius 2 is 1.74 bits per heavy atom. The normalized spacial score (nSPS) is 12.4. The highest BCUT2D eigenvalue weighted by molar-refractivity contribution is 7.98. The molecule has 19 heavy (non-hydrogen) atoms. The van der Waals surface area contributed by atoms with Crippen molar-refractivity contribution in [2.45, 2.75) is 17.9 Å². The van der Waals surface area contributed by atoms with E-state index in [4.69, 9.17) is 17.4 Å². The Morgan fingerprint density at radius 1 is 1.11 bits per heavy atom. The average Bonchev–Trinajstić information content (AvgIpc) is 2.44. The lowest BCUT2D eigenvalue weighted by Crippen LogP contribution is -2.28. The molecule has 0 spiro atoms. The molecular weight excluding hydrogens is 276 g/mol. The number of hydrazine groups is 1. The van der Waals surface area contributed by atoms with Crippen molar-refractivity contribution in [2.75, 3.05) is 6.26 Å². The minimum Gasteiger partial charge on any atom is -0.271 e. The lowest BCUT2D eigenvalue weighted by Gasteiger charge is -2.18. The Hall–Kier alpha value is -1.00. The van der Waals surface area contributed by atoms with Gasteiger partial charge >= 0.3 is 0 Å². The van der Waals surface area contributed by atoms with Crippen molar-refractivity contribution in [3.05, 3.63) is 64.2 Å². The van der Waals surface area contributed by atoms with Crippen molar-refractivity contribution >= 4 is 23.4 Å². The third-order valence-electron chi connectivity index (χ3n) is 3.15. The van der Waals surface area contributed by atoms with E-state index in [1.54, 1.807) is 11.8 Å². The van der Waals surface area contributed by atoms with Gasteiger partial charge in [0.25, 0.3) is 0 Å². The van der Waals surface area contributed by atoms with E-state index in [2.05, 4.69) is 35.9 Å². The third kappa shape index (κ3) is 3.31. The Morgan fingerprint density at radius 3 is 2.26 bits per heavy atom. The van der Waals surface area contributed by atoms with Crippen LogP contribution in [0.3, 0.4) is 0 Å². The fraction of sp³-hybridized carbons (Fsp3) is 0.200. The van der Waals surface area contributed by atoms with Crippen LogP contribution in [0.25, 0.3) is 0 Å². The molecule has 100 valence electrons. The maximum absolute atomic E-state index is 6.18. The standard InChI is InChI=1S/C15H17ClN2S/c1-10-3-4-12(9-14(10)16)15(18-17)11-5-7-13(19-2)8-6-11/h3-9,15,18H,17H2,1-2H3. The molecule has 0 amide bonds. The summed E-state index contributed by atoms with van der Waals surface area (Å²) in [5.74, 6) is 5.70. The Kier molecular flexibility index (Phi) is 4.88. The number of benzene rings is 2. The van der Waals surface area contributed by atoms with Crippen molar-refractivity contribution in [3.8, 4) is 0 Å². The first-order chi connectivity index (χ1) is 9.15. The summed E-state index contributed by atoms with van der Waals surface area (Å²) in [5, 5.41) is 0.762. The van der Waals surface area contributed by atoms with E-state index in [-0.39, 0.29) is 6.04 Å². The van der Waals surface area contributed by atoms with Gasteiger partial charge in [-0.05, 0) is 48.1 Å². The molecular formula is C15H17ClN2S.